The molecule has 1 unspecified atom stereocenters. The van der Waals surface area contributed by atoms with Crippen LogP contribution < -0.4 is 0 Å². The minimum atomic E-state index is -0.588. The van der Waals surface area contributed by atoms with Gasteiger partial charge in [-0.15, -0.1) is 0 Å². The summed E-state index contributed by atoms with van der Waals surface area (Å²) in [6, 6.07) is 2.21. The van der Waals surface area contributed by atoms with Crippen molar-refractivity contribution in [3.05, 3.63) is 0 Å². The lowest BCUT2D eigenvalue weighted by molar-refractivity contribution is 0.0251. The molecule has 0 aromatic rings. The third-order valence-electron chi connectivity index (χ3n) is 3.37. The van der Waals surface area contributed by atoms with Crippen molar-refractivity contribution < 1.29 is 5.11 Å². The standard InChI is InChI=1S/C12H21NO/c1-12(2,9-13)11(14)10-7-5-3-4-6-8-10/h10-11,14H,3-8H2,1-2H3. The van der Waals surface area contributed by atoms with Crippen molar-refractivity contribution in [3.8, 4) is 6.07 Å². The molecule has 0 heterocycles. The highest BCUT2D eigenvalue weighted by molar-refractivity contribution is 4.99. The van der Waals surface area contributed by atoms with Crippen LogP contribution in [0.5, 0.6) is 0 Å². The van der Waals surface area contributed by atoms with Crippen LogP contribution in [-0.4, -0.2) is 11.2 Å². The zero-order valence-electron chi connectivity index (χ0n) is 9.29. The fraction of sp³-hybridized carbons (Fsp3) is 0.917. The van der Waals surface area contributed by atoms with Crippen molar-refractivity contribution >= 4 is 0 Å². The van der Waals surface area contributed by atoms with Gasteiger partial charge in [0.25, 0.3) is 0 Å². The molecule has 14 heavy (non-hydrogen) atoms. The zero-order valence-corrected chi connectivity index (χ0v) is 9.29. The lowest BCUT2D eigenvalue weighted by atomic mass is 9.78. The van der Waals surface area contributed by atoms with E-state index in [2.05, 4.69) is 6.07 Å². The van der Waals surface area contributed by atoms with Gasteiger partial charge >= 0.3 is 0 Å². The van der Waals surface area contributed by atoms with E-state index in [1.165, 1.54) is 25.7 Å². The fourth-order valence-electron chi connectivity index (χ4n) is 2.28. The topological polar surface area (TPSA) is 44.0 Å². The van der Waals surface area contributed by atoms with Crippen molar-refractivity contribution in [1.82, 2.24) is 0 Å². The molecule has 0 aromatic heterocycles. The van der Waals surface area contributed by atoms with Crippen molar-refractivity contribution in [2.24, 2.45) is 11.3 Å². The number of aliphatic hydroxyl groups excluding tert-OH is 1. The van der Waals surface area contributed by atoms with E-state index in [9.17, 15) is 5.11 Å². The van der Waals surface area contributed by atoms with Crippen LogP contribution in [0, 0.1) is 22.7 Å². The number of rotatable bonds is 2. The van der Waals surface area contributed by atoms with Gasteiger partial charge in [-0.25, -0.2) is 0 Å². The van der Waals surface area contributed by atoms with Gasteiger partial charge in [-0.05, 0) is 32.6 Å². The first kappa shape index (κ1) is 11.5. The molecule has 2 heteroatoms. The van der Waals surface area contributed by atoms with Gasteiger partial charge in [0.2, 0.25) is 0 Å². The van der Waals surface area contributed by atoms with Gasteiger partial charge in [0.15, 0.2) is 0 Å². The van der Waals surface area contributed by atoms with Crippen molar-refractivity contribution in [2.75, 3.05) is 0 Å². The van der Waals surface area contributed by atoms with E-state index in [1.807, 2.05) is 13.8 Å². The Morgan fingerprint density at radius 1 is 1.21 bits per heavy atom. The van der Waals surface area contributed by atoms with Crippen LogP contribution in [0.25, 0.3) is 0 Å². The predicted octanol–water partition coefficient (Wildman–Crippen LogP) is 2.87. The Kier molecular flexibility index (Phi) is 3.95. The Morgan fingerprint density at radius 2 is 1.71 bits per heavy atom. The highest BCUT2D eigenvalue weighted by Crippen LogP contribution is 2.33. The van der Waals surface area contributed by atoms with Crippen LogP contribution in [0.15, 0.2) is 0 Å². The third kappa shape index (κ3) is 2.72. The Hall–Kier alpha value is -0.550. The molecule has 0 spiro atoms. The summed E-state index contributed by atoms with van der Waals surface area (Å²) in [6.45, 7) is 3.67. The number of aliphatic hydroxyl groups is 1. The lowest BCUT2D eigenvalue weighted by Gasteiger charge is -2.30. The summed E-state index contributed by atoms with van der Waals surface area (Å²) >= 11 is 0. The summed E-state index contributed by atoms with van der Waals surface area (Å²) in [4.78, 5) is 0. The van der Waals surface area contributed by atoms with Crippen LogP contribution in [0.4, 0.5) is 0 Å². The first-order valence-electron chi connectivity index (χ1n) is 5.67. The molecule has 1 atom stereocenters. The third-order valence-corrected chi connectivity index (χ3v) is 3.37. The van der Waals surface area contributed by atoms with E-state index >= 15 is 0 Å². The van der Waals surface area contributed by atoms with E-state index in [-0.39, 0.29) is 0 Å². The smallest absolute Gasteiger partial charge is 0.0779 e. The average molecular weight is 195 g/mol. The van der Waals surface area contributed by atoms with Gasteiger partial charge in [0.1, 0.15) is 0 Å². The maximum absolute atomic E-state index is 10.1. The van der Waals surface area contributed by atoms with Crippen molar-refractivity contribution in [2.45, 2.75) is 58.5 Å². The van der Waals surface area contributed by atoms with Crippen LogP contribution >= 0.6 is 0 Å². The summed E-state index contributed by atoms with van der Waals surface area (Å²) < 4.78 is 0. The molecule has 0 saturated heterocycles. The molecule has 0 aromatic carbocycles. The second-order valence-corrected chi connectivity index (χ2v) is 5.03. The second kappa shape index (κ2) is 4.79. The molecule has 1 saturated carbocycles. The van der Waals surface area contributed by atoms with Crippen molar-refractivity contribution in [1.29, 1.82) is 5.26 Å². The molecule has 0 bridgehead atoms. The maximum atomic E-state index is 10.1. The van der Waals surface area contributed by atoms with Crippen LogP contribution in [-0.2, 0) is 0 Å². The highest BCUT2D eigenvalue weighted by Gasteiger charge is 2.34. The second-order valence-electron chi connectivity index (χ2n) is 5.03. The molecular formula is C12H21NO. The van der Waals surface area contributed by atoms with Gasteiger partial charge < -0.3 is 5.11 Å². The Balaban J connectivity index is 2.58. The van der Waals surface area contributed by atoms with Gasteiger partial charge in [-0.1, -0.05) is 25.7 Å². The van der Waals surface area contributed by atoms with Gasteiger partial charge in [0.05, 0.1) is 17.6 Å². The zero-order chi connectivity index (χ0) is 10.6. The summed E-state index contributed by atoms with van der Waals surface area (Å²) in [7, 11) is 0. The molecule has 0 radical (unpaired) electrons. The number of nitrogens with zero attached hydrogens (tertiary/aromatic N) is 1. The van der Waals surface area contributed by atoms with Gasteiger partial charge in [0, 0.05) is 0 Å². The molecule has 2 nitrogen and oxygen atoms in total. The van der Waals surface area contributed by atoms with Crippen molar-refractivity contribution in [3.63, 3.8) is 0 Å². The molecule has 0 aliphatic heterocycles. The minimum Gasteiger partial charge on any atom is -0.391 e. The van der Waals surface area contributed by atoms with Crippen LogP contribution in [0.3, 0.4) is 0 Å². The van der Waals surface area contributed by atoms with Gasteiger partial charge in [-0.3, -0.25) is 0 Å². The van der Waals surface area contributed by atoms with Crippen LogP contribution in [0.1, 0.15) is 52.4 Å². The summed E-state index contributed by atoms with van der Waals surface area (Å²) in [6.07, 6.45) is 6.72. The first-order valence-corrected chi connectivity index (χ1v) is 5.67. The molecule has 1 N–H and O–H groups in total. The van der Waals surface area contributed by atoms with E-state index in [0.717, 1.165) is 12.8 Å². The highest BCUT2D eigenvalue weighted by atomic mass is 16.3. The summed E-state index contributed by atoms with van der Waals surface area (Å²) in [5.74, 6) is 0.340. The lowest BCUT2D eigenvalue weighted by Crippen LogP contribution is -2.34. The molecule has 1 rings (SSSR count). The van der Waals surface area contributed by atoms with E-state index in [4.69, 9.17) is 5.26 Å². The minimum absolute atomic E-state index is 0.340. The molecule has 80 valence electrons. The Labute approximate surface area is 86.9 Å². The largest absolute Gasteiger partial charge is 0.391 e. The molecule has 1 aliphatic rings. The molecule has 0 amide bonds. The quantitative estimate of drug-likeness (QED) is 0.688. The molecular weight excluding hydrogens is 174 g/mol. The van der Waals surface area contributed by atoms with E-state index < -0.39 is 11.5 Å². The Morgan fingerprint density at radius 3 is 2.14 bits per heavy atom. The summed E-state index contributed by atoms with van der Waals surface area (Å²) in [5.41, 5.74) is -0.588. The number of hydrogen-bond donors (Lipinski definition) is 1. The number of hydrogen-bond acceptors (Lipinski definition) is 2. The van der Waals surface area contributed by atoms with Gasteiger partial charge in [-0.2, -0.15) is 5.26 Å². The summed E-state index contributed by atoms with van der Waals surface area (Å²) in [5, 5.41) is 19.1. The van der Waals surface area contributed by atoms with E-state index in [1.54, 1.807) is 0 Å². The maximum Gasteiger partial charge on any atom is 0.0779 e. The Bertz CT molecular complexity index is 209. The molecule has 1 aliphatic carbocycles. The first-order chi connectivity index (χ1) is 6.58. The predicted molar refractivity (Wildman–Crippen MR) is 56.6 cm³/mol. The normalized spacial score (nSPS) is 22.4. The average Bonchev–Trinajstić information content (AvgIpc) is 2.44. The van der Waals surface area contributed by atoms with E-state index in [0.29, 0.717) is 5.92 Å². The van der Waals surface area contributed by atoms with Crippen LogP contribution in [0.2, 0.25) is 0 Å². The number of nitriles is 1. The fourth-order valence-corrected chi connectivity index (χ4v) is 2.28. The SMILES string of the molecule is CC(C)(C#N)C(O)C1CCCCCC1. The monoisotopic (exact) mass is 195 g/mol. The molecule has 1 fully saturated rings.